The topological polar surface area (TPSA) is 64.0 Å². The van der Waals surface area contributed by atoms with E-state index in [1.807, 2.05) is 28.8 Å². The van der Waals surface area contributed by atoms with Crippen molar-refractivity contribution in [2.75, 3.05) is 6.54 Å². The van der Waals surface area contributed by atoms with Crippen LogP contribution in [-0.4, -0.2) is 24.5 Å². The van der Waals surface area contributed by atoms with Gasteiger partial charge in [0.2, 0.25) is 10.0 Å². The Morgan fingerprint density at radius 3 is 2.55 bits per heavy atom. The van der Waals surface area contributed by atoms with E-state index < -0.39 is 10.0 Å². The SMILES string of the molecule is O=S(=O)(NCCCn1cnc2ccccc21)c1ccccc1. The van der Waals surface area contributed by atoms with Crippen molar-refractivity contribution in [3.8, 4) is 0 Å². The zero-order chi connectivity index (χ0) is 15.4. The molecule has 0 aliphatic carbocycles. The van der Waals surface area contributed by atoms with Crippen molar-refractivity contribution in [3.63, 3.8) is 0 Å². The van der Waals surface area contributed by atoms with Gasteiger partial charge in [-0.3, -0.25) is 0 Å². The Bertz CT molecular complexity index is 857. The van der Waals surface area contributed by atoms with E-state index in [-0.39, 0.29) is 0 Å². The van der Waals surface area contributed by atoms with Crippen LogP contribution < -0.4 is 4.72 Å². The second-order valence-electron chi connectivity index (χ2n) is 4.99. The number of nitrogens with one attached hydrogen (secondary N) is 1. The highest BCUT2D eigenvalue weighted by molar-refractivity contribution is 7.89. The number of imidazole rings is 1. The van der Waals surface area contributed by atoms with Crippen LogP contribution in [0.25, 0.3) is 11.0 Å². The smallest absolute Gasteiger partial charge is 0.240 e. The van der Waals surface area contributed by atoms with Gasteiger partial charge in [0.1, 0.15) is 0 Å². The fraction of sp³-hybridized carbons (Fsp3) is 0.188. The first-order valence-electron chi connectivity index (χ1n) is 7.11. The van der Waals surface area contributed by atoms with Gasteiger partial charge in [0.25, 0.3) is 0 Å². The molecule has 1 N–H and O–H groups in total. The van der Waals surface area contributed by atoms with E-state index >= 15 is 0 Å². The predicted molar refractivity (Wildman–Crippen MR) is 86.0 cm³/mol. The lowest BCUT2D eigenvalue weighted by molar-refractivity contribution is 0.571. The van der Waals surface area contributed by atoms with Gasteiger partial charge in [0, 0.05) is 13.1 Å². The van der Waals surface area contributed by atoms with E-state index in [0.717, 1.165) is 17.6 Å². The van der Waals surface area contributed by atoms with Crippen molar-refractivity contribution in [2.24, 2.45) is 0 Å². The molecule has 1 aromatic heterocycles. The lowest BCUT2D eigenvalue weighted by Crippen LogP contribution is -2.25. The fourth-order valence-electron chi connectivity index (χ4n) is 2.33. The Morgan fingerprint density at radius 1 is 1.00 bits per heavy atom. The number of benzene rings is 2. The number of hydrogen-bond donors (Lipinski definition) is 1. The predicted octanol–water partition coefficient (Wildman–Crippen LogP) is 2.40. The second kappa shape index (κ2) is 6.29. The van der Waals surface area contributed by atoms with Gasteiger partial charge < -0.3 is 4.57 Å². The molecule has 0 aliphatic rings. The first kappa shape index (κ1) is 14.7. The van der Waals surface area contributed by atoms with Crippen molar-refractivity contribution < 1.29 is 8.42 Å². The van der Waals surface area contributed by atoms with Gasteiger partial charge in [-0.15, -0.1) is 0 Å². The number of rotatable bonds is 6. The van der Waals surface area contributed by atoms with E-state index in [2.05, 4.69) is 9.71 Å². The Hall–Kier alpha value is -2.18. The molecule has 5 nitrogen and oxygen atoms in total. The molecule has 0 bridgehead atoms. The van der Waals surface area contributed by atoms with E-state index in [9.17, 15) is 8.42 Å². The maximum atomic E-state index is 12.1. The Balaban J connectivity index is 1.58. The van der Waals surface area contributed by atoms with Gasteiger partial charge in [-0.2, -0.15) is 0 Å². The number of nitrogens with zero attached hydrogens (tertiary/aromatic N) is 2. The van der Waals surface area contributed by atoms with Gasteiger partial charge in [-0.1, -0.05) is 30.3 Å². The van der Waals surface area contributed by atoms with Gasteiger partial charge in [0.05, 0.1) is 22.3 Å². The van der Waals surface area contributed by atoms with Crippen LogP contribution in [0, 0.1) is 0 Å². The van der Waals surface area contributed by atoms with Crippen molar-refractivity contribution in [3.05, 3.63) is 60.9 Å². The van der Waals surface area contributed by atoms with Crippen LogP contribution in [0.2, 0.25) is 0 Å². The summed E-state index contributed by atoms with van der Waals surface area (Å²) in [7, 11) is -3.42. The molecule has 22 heavy (non-hydrogen) atoms. The molecule has 2 aromatic carbocycles. The first-order valence-corrected chi connectivity index (χ1v) is 8.60. The maximum Gasteiger partial charge on any atom is 0.240 e. The standard InChI is InChI=1S/C16H17N3O2S/c20-22(21,14-7-2-1-3-8-14)18-11-6-12-19-13-17-15-9-4-5-10-16(15)19/h1-5,7-10,13,18H,6,11-12H2. The van der Waals surface area contributed by atoms with Crippen molar-refractivity contribution in [1.29, 1.82) is 0 Å². The second-order valence-corrected chi connectivity index (χ2v) is 6.76. The van der Waals surface area contributed by atoms with Crippen LogP contribution in [-0.2, 0) is 16.6 Å². The number of aryl methyl sites for hydroxylation is 1. The summed E-state index contributed by atoms with van der Waals surface area (Å²) in [5.41, 5.74) is 2.01. The van der Waals surface area contributed by atoms with Crippen molar-refractivity contribution >= 4 is 21.1 Å². The van der Waals surface area contributed by atoms with E-state index in [0.29, 0.717) is 17.9 Å². The maximum absolute atomic E-state index is 12.1. The molecule has 0 saturated heterocycles. The Labute approximate surface area is 129 Å². The molecule has 0 aliphatic heterocycles. The van der Waals surface area contributed by atoms with Gasteiger partial charge in [0.15, 0.2) is 0 Å². The summed E-state index contributed by atoms with van der Waals surface area (Å²) in [5.74, 6) is 0. The molecule has 6 heteroatoms. The summed E-state index contributed by atoms with van der Waals surface area (Å²) in [5, 5.41) is 0. The van der Waals surface area contributed by atoms with Crippen LogP contribution >= 0.6 is 0 Å². The number of sulfonamides is 1. The summed E-state index contributed by atoms with van der Waals surface area (Å²) >= 11 is 0. The molecule has 0 fully saturated rings. The first-order chi connectivity index (χ1) is 10.7. The monoisotopic (exact) mass is 315 g/mol. The fourth-order valence-corrected chi connectivity index (χ4v) is 3.42. The summed E-state index contributed by atoms with van der Waals surface area (Å²) < 4.78 is 28.8. The zero-order valence-electron chi connectivity index (χ0n) is 12.0. The van der Waals surface area contributed by atoms with E-state index in [1.54, 1.807) is 36.7 Å². The highest BCUT2D eigenvalue weighted by Crippen LogP contribution is 2.12. The van der Waals surface area contributed by atoms with E-state index in [4.69, 9.17) is 0 Å². The van der Waals surface area contributed by atoms with Gasteiger partial charge >= 0.3 is 0 Å². The number of para-hydroxylation sites is 2. The molecule has 0 atom stereocenters. The molecule has 0 unspecified atom stereocenters. The summed E-state index contributed by atoms with van der Waals surface area (Å²) in [4.78, 5) is 4.61. The zero-order valence-corrected chi connectivity index (χ0v) is 12.8. The van der Waals surface area contributed by atoms with Crippen molar-refractivity contribution in [1.82, 2.24) is 14.3 Å². The molecule has 0 spiro atoms. The summed E-state index contributed by atoms with van der Waals surface area (Å²) in [6.07, 6.45) is 2.49. The molecule has 0 saturated carbocycles. The van der Waals surface area contributed by atoms with Crippen LogP contribution in [0.4, 0.5) is 0 Å². The molecular weight excluding hydrogens is 298 g/mol. The minimum Gasteiger partial charge on any atom is -0.331 e. The molecule has 3 rings (SSSR count). The molecular formula is C16H17N3O2S. The highest BCUT2D eigenvalue weighted by Gasteiger charge is 2.12. The van der Waals surface area contributed by atoms with Crippen LogP contribution in [0.3, 0.4) is 0 Å². The number of hydrogen-bond acceptors (Lipinski definition) is 3. The molecule has 0 amide bonds. The van der Waals surface area contributed by atoms with E-state index in [1.165, 1.54) is 0 Å². The third kappa shape index (κ3) is 3.18. The average molecular weight is 315 g/mol. The Kier molecular flexibility index (Phi) is 4.22. The lowest BCUT2D eigenvalue weighted by atomic mass is 10.3. The largest absolute Gasteiger partial charge is 0.331 e. The minimum absolute atomic E-state index is 0.295. The summed E-state index contributed by atoms with van der Waals surface area (Å²) in [6, 6.07) is 16.3. The van der Waals surface area contributed by atoms with Crippen LogP contribution in [0.1, 0.15) is 6.42 Å². The Morgan fingerprint density at radius 2 is 1.73 bits per heavy atom. The van der Waals surface area contributed by atoms with Crippen LogP contribution in [0.15, 0.2) is 65.8 Å². The number of aromatic nitrogens is 2. The minimum atomic E-state index is -3.42. The third-order valence-corrected chi connectivity index (χ3v) is 4.93. The normalized spacial score (nSPS) is 11.8. The summed E-state index contributed by atoms with van der Waals surface area (Å²) in [6.45, 7) is 1.11. The third-order valence-electron chi connectivity index (χ3n) is 3.45. The molecule has 3 aromatic rings. The highest BCUT2D eigenvalue weighted by atomic mass is 32.2. The molecule has 114 valence electrons. The molecule has 1 heterocycles. The van der Waals surface area contributed by atoms with Crippen molar-refractivity contribution in [2.45, 2.75) is 17.9 Å². The average Bonchev–Trinajstić information content (AvgIpc) is 2.96. The van der Waals surface area contributed by atoms with Crippen LogP contribution in [0.5, 0.6) is 0 Å². The van der Waals surface area contributed by atoms with Gasteiger partial charge in [-0.25, -0.2) is 18.1 Å². The van der Waals surface area contributed by atoms with Gasteiger partial charge in [-0.05, 0) is 30.7 Å². The molecule has 0 radical (unpaired) electrons. The quantitative estimate of drug-likeness (QED) is 0.710. The number of fused-ring (bicyclic) bond motifs is 1. The lowest BCUT2D eigenvalue weighted by Gasteiger charge is -2.07.